The molecular weight excluding hydrogens is 176 g/mol. The van der Waals surface area contributed by atoms with Gasteiger partial charge in [-0.05, 0) is 32.4 Å². The van der Waals surface area contributed by atoms with E-state index in [2.05, 4.69) is 25.8 Å². The predicted molar refractivity (Wildman–Crippen MR) is 59.1 cm³/mol. The highest BCUT2D eigenvalue weighted by Crippen LogP contribution is 2.33. The van der Waals surface area contributed by atoms with Crippen molar-refractivity contribution in [3.8, 4) is 0 Å². The van der Waals surface area contributed by atoms with Crippen LogP contribution in [0.4, 0.5) is 0 Å². The van der Waals surface area contributed by atoms with Gasteiger partial charge in [0.25, 0.3) is 0 Å². The summed E-state index contributed by atoms with van der Waals surface area (Å²) < 4.78 is 0. The highest BCUT2D eigenvalue weighted by atomic mass is 16.3. The zero-order valence-corrected chi connectivity index (χ0v) is 9.66. The number of nitrogens with two attached hydrogens (primary N) is 1. The maximum absolute atomic E-state index is 10.5. The molecule has 84 valence electrons. The lowest BCUT2D eigenvalue weighted by atomic mass is 9.74. The molecule has 1 rings (SSSR count). The van der Waals surface area contributed by atoms with Crippen molar-refractivity contribution in [3.05, 3.63) is 0 Å². The van der Waals surface area contributed by atoms with Crippen LogP contribution in [0, 0.1) is 11.8 Å². The lowest BCUT2D eigenvalue weighted by molar-refractivity contribution is -0.0742. The minimum atomic E-state index is -0.518. The standard InChI is InChI=1S/C11H24N2O/c1-9(2)10(8-12)11(14)4-6-13(3)7-5-11/h9-10,14H,4-8,12H2,1-3H3. The van der Waals surface area contributed by atoms with Crippen LogP contribution in [-0.2, 0) is 0 Å². The molecule has 0 radical (unpaired) electrons. The topological polar surface area (TPSA) is 49.5 Å². The molecule has 1 aliphatic rings. The molecule has 1 atom stereocenters. The fraction of sp³-hybridized carbons (Fsp3) is 1.00. The van der Waals surface area contributed by atoms with Gasteiger partial charge in [-0.2, -0.15) is 0 Å². The normalized spacial score (nSPS) is 25.3. The van der Waals surface area contributed by atoms with E-state index in [1.165, 1.54) is 0 Å². The van der Waals surface area contributed by atoms with Gasteiger partial charge in [-0.1, -0.05) is 13.8 Å². The van der Waals surface area contributed by atoms with Crippen molar-refractivity contribution in [2.75, 3.05) is 26.7 Å². The van der Waals surface area contributed by atoms with Gasteiger partial charge in [-0.25, -0.2) is 0 Å². The molecule has 3 nitrogen and oxygen atoms in total. The molecule has 0 bridgehead atoms. The highest BCUT2D eigenvalue weighted by Gasteiger charge is 2.39. The first-order chi connectivity index (χ1) is 6.49. The van der Waals surface area contributed by atoms with E-state index in [1.54, 1.807) is 0 Å². The number of rotatable bonds is 3. The van der Waals surface area contributed by atoms with Crippen molar-refractivity contribution >= 4 is 0 Å². The highest BCUT2D eigenvalue weighted by molar-refractivity contribution is 4.92. The van der Waals surface area contributed by atoms with E-state index in [0.717, 1.165) is 25.9 Å². The summed E-state index contributed by atoms with van der Waals surface area (Å²) in [4.78, 5) is 2.27. The molecule has 0 spiro atoms. The van der Waals surface area contributed by atoms with Gasteiger partial charge in [0.2, 0.25) is 0 Å². The van der Waals surface area contributed by atoms with Crippen molar-refractivity contribution in [3.63, 3.8) is 0 Å². The molecule has 14 heavy (non-hydrogen) atoms. The summed E-state index contributed by atoms with van der Waals surface area (Å²) in [5.41, 5.74) is 5.23. The Morgan fingerprint density at radius 3 is 2.21 bits per heavy atom. The summed E-state index contributed by atoms with van der Waals surface area (Å²) in [5.74, 6) is 0.713. The molecule has 1 saturated heterocycles. The van der Waals surface area contributed by atoms with Crippen LogP contribution in [0.1, 0.15) is 26.7 Å². The quantitative estimate of drug-likeness (QED) is 0.704. The van der Waals surface area contributed by atoms with Crippen LogP contribution in [0.15, 0.2) is 0 Å². The average molecular weight is 200 g/mol. The maximum atomic E-state index is 10.5. The van der Waals surface area contributed by atoms with Crippen LogP contribution in [0.5, 0.6) is 0 Å². The summed E-state index contributed by atoms with van der Waals surface area (Å²) in [6.07, 6.45) is 1.73. The number of hydrogen-bond acceptors (Lipinski definition) is 3. The first-order valence-electron chi connectivity index (χ1n) is 5.60. The van der Waals surface area contributed by atoms with E-state index in [-0.39, 0.29) is 5.92 Å². The summed E-state index contributed by atoms with van der Waals surface area (Å²) in [6, 6.07) is 0. The molecule has 1 heterocycles. The van der Waals surface area contributed by atoms with Crippen LogP contribution in [-0.4, -0.2) is 42.3 Å². The first kappa shape index (κ1) is 12.0. The third-order valence-corrected chi connectivity index (χ3v) is 3.60. The van der Waals surface area contributed by atoms with Crippen LogP contribution in [0.25, 0.3) is 0 Å². The van der Waals surface area contributed by atoms with E-state index >= 15 is 0 Å². The minimum absolute atomic E-state index is 0.246. The number of piperidine rings is 1. The Hall–Kier alpha value is -0.120. The SMILES string of the molecule is CC(C)C(CN)C1(O)CCN(C)CC1. The number of aliphatic hydroxyl groups is 1. The Kier molecular flexibility index (Phi) is 3.93. The smallest absolute Gasteiger partial charge is 0.0714 e. The Labute approximate surface area is 87.3 Å². The van der Waals surface area contributed by atoms with E-state index in [9.17, 15) is 5.11 Å². The first-order valence-corrected chi connectivity index (χ1v) is 5.60. The molecule has 0 aromatic heterocycles. The molecule has 3 N–H and O–H groups in total. The van der Waals surface area contributed by atoms with Gasteiger partial charge in [0.15, 0.2) is 0 Å². The predicted octanol–water partition coefficient (Wildman–Crippen LogP) is 0.674. The molecular formula is C11H24N2O. The third kappa shape index (κ3) is 2.47. The fourth-order valence-electron chi connectivity index (χ4n) is 2.49. The van der Waals surface area contributed by atoms with Crippen LogP contribution in [0.2, 0.25) is 0 Å². The fourth-order valence-corrected chi connectivity index (χ4v) is 2.49. The van der Waals surface area contributed by atoms with Gasteiger partial charge in [0.1, 0.15) is 0 Å². The summed E-state index contributed by atoms with van der Waals surface area (Å²) in [5, 5.41) is 10.5. The third-order valence-electron chi connectivity index (χ3n) is 3.60. The van der Waals surface area contributed by atoms with Crippen molar-refractivity contribution in [2.45, 2.75) is 32.3 Å². The molecule has 1 aliphatic heterocycles. The van der Waals surface area contributed by atoms with E-state index in [1.807, 2.05) is 0 Å². The molecule has 3 heteroatoms. The van der Waals surface area contributed by atoms with Crippen molar-refractivity contribution < 1.29 is 5.11 Å². The number of nitrogens with zero attached hydrogens (tertiary/aromatic N) is 1. The van der Waals surface area contributed by atoms with Gasteiger partial charge in [0, 0.05) is 19.0 Å². The second kappa shape index (κ2) is 4.60. The van der Waals surface area contributed by atoms with E-state index in [0.29, 0.717) is 12.5 Å². The minimum Gasteiger partial charge on any atom is -0.389 e. The lowest BCUT2D eigenvalue weighted by Crippen LogP contribution is -2.51. The van der Waals surface area contributed by atoms with Gasteiger partial charge < -0.3 is 15.7 Å². The van der Waals surface area contributed by atoms with Crippen LogP contribution < -0.4 is 5.73 Å². The van der Waals surface area contributed by atoms with E-state index < -0.39 is 5.60 Å². The number of likely N-dealkylation sites (tertiary alicyclic amines) is 1. The summed E-state index contributed by atoms with van der Waals surface area (Å²) in [7, 11) is 2.10. The van der Waals surface area contributed by atoms with Crippen LogP contribution in [0.3, 0.4) is 0 Å². The second-order valence-electron chi connectivity index (χ2n) is 4.99. The maximum Gasteiger partial charge on any atom is 0.0714 e. The van der Waals surface area contributed by atoms with Gasteiger partial charge in [0.05, 0.1) is 5.60 Å². The summed E-state index contributed by atoms with van der Waals surface area (Å²) >= 11 is 0. The Morgan fingerprint density at radius 1 is 1.36 bits per heavy atom. The van der Waals surface area contributed by atoms with Gasteiger partial charge in [-0.3, -0.25) is 0 Å². The van der Waals surface area contributed by atoms with Crippen LogP contribution >= 0.6 is 0 Å². The average Bonchev–Trinajstić information content (AvgIpc) is 2.11. The Morgan fingerprint density at radius 2 is 1.86 bits per heavy atom. The zero-order chi connectivity index (χ0) is 10.8. The van der Waals surface area contributed by atoms with E-state index in [4.69, 9.17) is 5.73 Å². The largest absolute Gasteiger partial charge is 0.389 e. The number of hydrogen-bond donors (Lipinski definition) is 2. The Balaban J connectivity index is 2.63. The van der Waals surface area contributed by atoms with Crippen molar-refractivity contribution in [2.24, 2.45) is 17.6 Å². The van der Waals surface area contributed by atoms with Gasteiger partial charge >= 0.3 is 0 Å². The van der Waals surface area contributed by atoms with Crippen molar-refractivity contribution in [1.82, 2.24) is 4.90 Å². The van der Waals surface area contributed by atoms with Gasteiger partial charge in [-0.15, -0.1) is 0 Å². The Bertz CT molecular complexity index is 174. The monoisotopic (exact) mass is 200 g/mol. The molecule has 0 aromatic rings. The molecule has 0 amide bonds. The zero-order valence-electron chi connectivity index (χ0n) is 9.66. The molecule has 1 fully saturated rings. The lowest BCUT2D eigenvalue weighted by Gasteiger charge is -2.43. The molecule has 0 aliphatic carbocycles. The molecule has 0 saturated carbocycles. The van der Waals surface area contributed by atoms with Crippen molar-refractivity contribution in [1.29, 1.82) is 0 Å². The molecule has 1 unspecified atom stereocenters. The second-order valence-corrected chi connectivity index (χ2v) is 4.99. The summed E-state index contributed by atoms with van der Waals surface area (Å²) in [6.45, 7) is 6.86. The molecule has 0 aromatic carbocycles.